The van der Waals surface area contributed by atoms with E-state index in [1.165, 1.54) is 0 Å². The van der Waals surface area contributed by atoms with Gasteiger partial charge in [-0.15, -0.1) is 10.2 Å². The molecule has 6 nitrogen and oxygen atoms in total. The predicted octanol–water partition coefficient (Wildman–Crippen LogP) is 3.91. The van der Waals surface area contributed by atoms with E-state index >= 15 is 0 Å². The van der Waals surface area contributed by atoms with Crippen molar-refractivity contribution in [3.05, 3.63) is 89.6 Å². The van der Waals surface area contributed by atoms with E-state index in [0.29, 0.717) is 18.0 Å². The average Bonchev–Trinajstić information content (AvgIpc) is 3.41. The van der Waals surface area contributed by atoms with Gasteiger partial charge in [0.25, 0.3) is 0 Å². The zero-order valence-electron chi connectivity index (χ0n) is 15.9. The van der Waals surface area contributed by atoms with Crippen molar-refractivity contribution >= 4 is 23.2 Å². The molecule has 1 aromatic carbocycles. The largest absolute Gasteiger partial charge is 0.356 e. The van der Waals surface area contributed by atoms with E-state index in [0.717, 1.165) is 29.9 Å². The van der Waals surface area contributed by atoms with Gasteiger partial charge < -0.3 is 9.88 Å². The maximum absolute atomic E-state index is 12.6. The number of aryl methyl sites for hydroxylation is 1. The summed E-state index contributed by atoms with van der Waals surface area (Å²) in [4.78, 5) is 12.6. The molecule has 4 aromatic rings. The maximum atomic E-state index is 12.6. The SMILES string of the molecule is O=C(C[C@@H](c1ccc(Cl)cc1)n1cccc1)NCCCc1nnc2ccccn12. The summed E-state index contributed by atoms with van der Waals surface area (Å²) in [6.45, 7) is 0.597. The zero-order chi connectivity index (χ0) is 20.1. The minimum absolute atomic E-state index is 0.0183. The first-order chi connectivity index (χ1) is 14.2. The number of hydrogen-bond donors (Lipinski definition) is 1. The fourth-order valence-corrected chi connectivity index (χ4v) is 3.55. The van der Waals surface area contributed by atoms with E-state index in [-0.39, 0.29) is 11.9 Å². The van der Waals surface area contributed by atoms with Gasteiger partial charge in [-0.1, -0.05) is 29.8 Å². The van der Waals surface area contributed by atoms with Gasteiger partial charge in [0.05, 0.1) is 12.5 Å². The highest BCUT2D eigenvalue weighted by atomic mass is 35.5. The number of carbonyl (C=O) groups excluding carboxylic acids is 1. The van der Waals surface area contributed by atoms with Crippen LogP contribution in [0.5, 0.6) is 0 Å². The van der Waals surface area contributed by atoms with Gasteiger partial charge in [0.15, 0.2) is 5.65 Å². The van der Waals surface area contributed by atoms with Gasteiger partial charge in [-0.05, 0) is 48.4 Å². The Bertz CT molecular complexity index is 1070. The van der Waals surface area contributed by atoms with Crippen molar-refractivity contribution in [2.24, 2.45) is 0 Å². The van der Waals surface area contributed by atoms with Gasteiger partial charge in [-0.3, -0.25) is 9.20 Å². The number of nitrogens with one attached hydrogen (secondary N) is 1. The van der Waals surface area contributed by atoms with E-state index in [2.05, 4.69) is 15.5 Å². The van der Waals surface area contributed by atoms with Crippen molar-refractivity contribution < 1.29 is 4.79 Å². The number of carbonyl (C=O) groups is 1. The number of hydrogen-bond acceptors (Lipinski definition) is 3. The summed E-state index contributed by atoms with van der Waals surface area (Å²) in [5, 5.41) is 12.1. The van der Waals surface area contributed by atoms with Gasteiger partial charge in [0.2, 0.25) is 5.91 Å². The lowest BCUT2D eigenvalue weighted by atomic mass is 10.0. The van der Waals surface area contributed by atoms with Crippen molar-refractivity contribution in [3.63, 3.8) is 0 Å². The number of benzene rings is 1. The van der Waals surface area contributed by atoms with Crippen LogP contribution < -0.4 is 5.32 Å². The molecule has 1 amide bonds. The van der Waals surface area contributed by atoms with E-state index in [1.54, 1.807) is 0 Å². The van der Waals surface area contributed by atoms with E-state index in [4.69, 9.17) is 11.6 Å². The predicted molar refractivity (Wildman–Crippen MR) is 113 cm³/mol. The summed E-state index contributed by atoms with van der Waals surface area (Å²) >= 11 is 6.01. The Balaban J connectivity index is 1.33. The lowest BCUT2D eigenvalue weighted by Gasteiger charge is -2.19. The Morgan fingerprint density at radius 1 is 1.00 bits per heavy atom. The Morgan fingerprint density at radius 2 is 1.76 bits per heavy atom. The van der Waals surface area contributed by atoms with Crippen LogP contribution in [-0.4, -0.2) is 31.6 Å². The molecule has 0 spiro atoms. The van der Waals surface area contributed by atoms with Crippen LogP contribution in [0.1, 0.15) is 30.3 Å². The molecule has 0 radical (unpaired) electrons. The van der Waals surface area contributed by atoms with Gasteiger partial charge in [0, 0.05) is 36.6 Å². The molecule has 1 atom stereocenters. The molecule has 0 unspecified atom stereocenters. The van der Waals surface area contributed by atoms with E-state index in [9.17, 15) is 4.79 Å². The normalized spacial score (nSPS) is 12.2. The van der Waals surface area contributed by atoms with Crippen LogP contribution in [0, 0.1) is 0 Å². The number of rotatable bonds is 8. The number of pyridine rings is 1. The smallest absolute Gasteiger partial charge is 0.222 e. The molecule has 0 fully saturated rings. The second-order valence-electron chi connectivity index (χ2n) is 6.90. The zero-order valence-corrected chi connectivity index (χ0v) is 16.7. The number of nitrogens with zero attached hydrogens (tertiary/aromatic N) is 4. The van der Waals surface area contributed by atoms with Crippen LogP contribution >= 0.6 is 11.6 Å². The molecule has 29 heavy (non-hydrogen) atoms. The summed E-state index contributed by atoms with van der Waals surface area (Å²) in [7, 11) is 0. The second-order valence-corrected chi connectivity index (χ2v) is 7.34. The third-order valence-corrected chi connectivity index (χ3v) is 5.16. The quantitative estimate of drug-likeness (QED) is 0.450. The molecular formula is C22H22ClN5O. The molecular weight excluding hydrogens is 386 g/mol. The molecule has 3 aromatic heterocycles. The summed E-state index contributed by atoms with van der Waals surface area (Å²) in [6.07, 6.45) is 7.83. The average molecular weight is 408 g/mol. The van der Waals surface area contributed by atoms with Crippen LogP contribution in [-0.2, 0) is 11.2 Å². The molecule has 0 aliphatic heterocycles. The van der Waals surface area contributed by atoms with Crippen LogP contribution in [0.4, 0.5) is 0 Å². The minimum atomic E-state index is -0.0669. The fourth-order valence-electron chi connectivity index (χ4n) is 3.42. The minimum Gasteiger partial charge on any atom is -0.356 e. The highest BCUT2D eigenvalue weighted by Gasteiger charge is 2.17. The van der Waals surface area contributed by atoms with Crippen molar-refractivity contribution in [2.75, 3.05) is 6.54 Å². The molecule has 4 rings (SSSR count). The van der Waals surface area contributed by atoms with Gasteiger partial charge >= 0.3 is 0 Å². The second kappa shape index (κ2) is 8.92. The molecule has 3 heterocycles. The summed E-state index contributed by atoms with van der Waals surface area (Å²) in [5.74, 6) is 0.922. The summed E-state index contributed by atoms with van der Waals surface area (Å²) < 4.78 is 4.02. The molecule has 1 N–H and O–H groups in total. The van der Waals surface area contributed by atoms with Gasteiger partial charge in [-0.2, -0.15) is 0 Å². The monoisotopic (exact) mass is 407 g/mol. The van der Waals surface area contributed by atoms with E-state index in [1.807, 2.05) is 82.2 Å². The number of amides is 1. The van der Waals surface area contributed by atoms with Crippen molar-refractivity contribution in [1.82, 2.24) is 24.5 Å². The van der Waals surface area contributed by atoms with Crippen LogP contribution in [0.25, 0.3) is 5.65 Å². The standard InChI is InChI=1S/C22H22ClN5O/c23-18-10-8-17(9-11-18)19(27-13-3-4-14-27)16-22(29)24-12-5-7-21-26-25-20-6-1-2-15-28(20)21/h1-4,6,8-11,13-15,19H,5,7,12,16H2,(H,24,29)/t19-/m0/s1. The summed E-state index contributed by atoms with van der Waals surface area (Å²) in [6, 6.07) is 17.3. The fraction of sp³-hybridized carbons (Fsp3) is 0.227. The molecule has 0 aliphatic carbocycles. The maximum Gasteiger partial charge on any atom is 0.222 e. The lowest BCUT2D eigenvalue weighted by molar-refractivity contribution is -0.121. The molecule has 7 heteroatoms. The Hall–Kier alpha value is -3.12. The third kappa shape index (κ3) is 4.66. The molecule has 148 valence electrons. The topological polar surface area (TPSA) is 64.2 Å². The third-order valence-electron chi connectivity index (χ3n) is 4.90. The van der Waals surface area contributed by atoms with Crippen molar-refractivity contribution in [3.8, 4) is 0 Å². The van der Waals surface area contributed by atoms with Crippen LogP contribution in [0.2, 0.25) is 5.02 Å². The number of fused-ring (bicyclic) bond motifs is 1. The first kappa shape index (κ1) is 19.2. The number of halogens is 1. The highest BCUT2D eigenvalue weighted by Crippen LogP contribution is 2.24. The van der Waals surface area contributed by atoms with Crippen molar-refractivity contribution in [2.45, 2.75) is 25.3 Å². The highest BCUT2D eigenvalue weighted by molar-refractivity contribution is 6.30. The van der Waals surface area contributed by atoms with Crippen LogP contribution in [0.3, 0.4) is 0 Å². The molecule has 0 saturated heterocycles. The lowest BCUT2D eigenvalue weighted by Crippen LogP contribution is -2.28. The summed E-state index contributed by atoms with van der Waals surface area (Å²) in [5.41, 5.74) is 1.89. The van der Waals surface area contributed by atoms with Gasteiger partial charge in [-0.25, -0.2) is 0 Å². The molecule has 0 aliphatic rings. The van der Waals surface area contributed by atoms with Crippen molar-refractivity contribution in [1.29, 1.82) is 0 Å². The molecule has 0 saturated carbocycles. The van der Waals surface area contributed by atoms with Crippen LogP contribution in [0.15, 0.2) is 73.2 Å². The van der Waals surface area contributed by atoms with E-state index < -0.39 is 0 Å². The number of aromatic nitrogens is 4. The van der Waals surface area contributed by atoms with Gasteiger partial charge in [0.1, 0.15) is 5.82 Å². The Labute approximate surface area is 174 Å². The first-order valence-electron chi connectivity index (χ1n) is 9.64. The first-order valence-corrected chi connectivity index (χ1v) is 10.0. The molecule has 0 bridgehead atoms. The Kier molecular flexibility index (Phi) is 5.91. The Morgan fingerprint density at radius 3 is 2.55 bits per heavy atom.